The van der Waals surface area contributed by atoms with Crippen molar-refractivity contribution in [2.75, 3.05) is 5.32 Å². The van der Waals surface area contributed by atoms with Crippen LogP contribution in [-0.4, -0.2) is 15.3 Å². The summed E-state index contributed by atoms with van der Waals surface area (Å²) in [6.45, 7) is 1.95. The molecule has 0 aliphatic rings. The van der Waals surface area contributed by atoms with Crippen LogP contribution in [0.1, 0.15) is 18.8 Å². The maximum absolute atomic E-state index is 12.5. The van der Waals surface area contributed by atoms with Gasteiger partial charge >= 0.3 is 0 Å². The van der Waals surface area contributed by atoms with E-state index < -0.39 is 5.76 Å². The van der Waals surface area contributed by atoms with Gasteiger partial charge in [0, 0.05) is 30.0 Å². The highest BCUT2D eigenvalue weighted by Crippen LogP contribution is 2.33. The first-order valence-corrected chi connectivity index (χ1v) is 6.73. The van der Waals surface area contributed by atoms with E-state index in [1.54, 1.807) is 24.4 Å². The molecular formula is C13H15F2N3S. The van der Waals surface area contributed by atoms with E-state index in [1.807, 2.05) is 30.8 Å². The van der Waals surface area contributed by atoms with Gasteiger partial charge in [0.15, 0.2) is 0 Å². The number of nitrogens with zero attached hydrogens (tertiary/aromatic N) is 2. The van der Waals surface area contributed by atoms with Gasteiger partial charge in [-0.15, -0.1) is 0 Å². The summed E-state index contributed by atoms with van der Waals surface area (Å²) in [6, 6.07) is 7.00. The quantitative estimate of drug-likeness (QED) is 0.844. The molecular weight excluding hydrogens is 268 g/mol. The largest absolute Gasteiger partial charge is 0.374 e. The normalized spacial score (nSPS) is 12.7. The Morgan fingerprint density at radius 2 is 2.05 bits per heavy atom. The number of benzene rings is 1. The summed E-state index contributed by atoms with van der Waals surface area (Å²) in [6.07, 6.45) is 3.57. The minimum Gasteiger partial charge on any atom is -0.374 e. The van der Waals surface area contributed by atoms with Crippen LogP contribution in [0.4, 0.5) is 14.5 Å². The third kappa shape index (κ3) is 3.47. The van der Waals surface area contributed by atoms with Gasteiger partial charge in [-0.1, -0.05) is 23.9 Å². The molecule has 2 aromatic rings. The highest BCUT2D eigenvalue weighted by molar-refractivity contribution is 7.99. The number of alkyl halides is 2. The number of aryl methyl sites for hydroxylation is 1. The predicted octanol–water partition coefficient (Wildman–Crippen LogP) is 3.91. The van der Waals surface area contributed by atoms with Gasteiger partial charge in [0.05, 0.1) is 6.04 Å². The molecule has 0 saturated carbocycles. The van der Waals surface area contributed by atoms with Gasteiger partial charge < -0.3 is 9.88 Å². The first kappa shape index (κ1) is 13.9. The molecule has 0 aliphatic carbocycles. The average molecular weight is 283 g/mol. The van der Waals surface area contributed by atoms with Crippen LogP contribution >= 0.6 is 11.8 Å². The third-order valence-electron chi connectivity index (χ3n) is 2.72. The second-order valence-corrected chi connectivity index (χ2v) is 5.17. The fraction of sp³-hybridized carbons (Fsp3) is 0.308. The summed E-state index contributed by atoms with van der Waals surface area (Å²) >= 11 is 0.545. The maximum Gasteiger partial charge on any atom is 0.288 e. The van der Waals surface area contributed by atoms with E-state index in [9.17, 15) is 8.78 Å². The van der Waals surface area contributed by atoms with Crippen molar-refractivity contribution in [2.45, 2.75) is 23.6 Å². The Balaban J connectivity index is 2.17. The Labute approximate surface area is 115 Å². The lowest BCUT2D eigenvalue weighted by atomic mass is 10.2. The van der Waals surface area contributed by atoms with Crippen molar-refractivity contribution < 1.29 is 8.78 Å². The van der Waals surface area contributed by atoms with Crippen LogP contribution in [0.5, 0.6) is 0 Å². The first-order valence-electron chi connectivity index (χ1n) is 5.85. The standard InChI is InChI=1S/C13H15F2N3S/c1-9(12-16-7-8-18(12)2)17-10-5-3-4-6-11(10)19-13(14)15/h3-9,13,17H,1-2H3. The Hall–Kier alpha value is -1.56. The summed E-state index contributed by atoms with van der Waals surface area (Å²) < 4.78 is 26.9. The molecule has 6 heteroatoms. The first-order chi connectivity index (χ1) is 9.08. The Morgan fingerprint density at radius 3 is 2.68 bits per heavy atom. The lowest BCUT2D eigenvalue weighted by Crippen LogP contribution is -2.12. The Bertz CT molecular complexity index is 542. The monoisotopic (exact) mass is 283 g/mol. The fourth-order valence-electron chi connectivity index (χ4n) is 1.88. The number of thioether (sulfide) groups is 1. The fourth-order valence-corrected chi connectivity index (χ4v) is 2.48. The van der Waals surface area contributed by atoms with E-state index >= 15 is 0 Å². The molecule has 1 N–H and O–H groups in total. The number of imidazole rings is 1. The molecule has 0 spiro atoms. The summed E-state index contributed by atoms with van der Waals surface area (Å²) in [5, 5.41) is 3.22. The molecule has 19 heavy (non-hydrogen) atoms. The zero-order valence-corrected chi connectivity index (χ0v) is 11.5. The summed E-state index contributed by atoms with van der Waals surface area (Å²) in [5.74, 6) is -1.57. The zero-order valence-electron chi connectivity index (χ0n) is 10.7. The van der Waals surface area contributed by atoms with E-state index in [-0.39, 0.29) is 6.04 Å². The predicted molar refractivity (Wildman–Crippen MR) is 73.5 cm³/mol. The van der Waals surface area contributed by atoms with Gasteiger partial charge in [0.25, 0.3) is 5.76 Å². The third-order valence-corrected chi connectivity index (χ3v) is 3.51. The molecule has 1 aromatic carbocycles. The molecule has 2 rings (SSSR count). The van der Waals surface area contributed by atoms with Crippen molar-refractivity contribution in [3.8, 4) is 0 Å². The highest BCUT2D eigenvalue weighted by atomic mass is 32.2. The van der Waals surface area contributed by atoms with Crippen molar-refractivity contribution in [1.29, 1.82) is 0 Å². The molecule has 102 valence electrons. The number of anilines is 1. The highest BCUT2D eigenvalue weighted by Gasteiger charge is 2.14. The number of aromatic nitrogens is 2. The lowest BCUT2D eigenvalue weighted by molar-refractivity contribution is 0.252. The molecule has 0 radical (unpaired) electrons. The van der Waals surface area contributed by atoms with E-state index in [0.717, 1.165) is 5.82 Å². The number of halogens is 2. The number of hydrogen-bond acceptors (Lipinski definition) is 3. The molecule has 1 unspecified atom stereocenters. The van der Waals surface area contributed by atoms with Crippen molar-refractivity contribution in [3.05, 3.63) is 42.5 Å². The van der Waals surface area contributed by atoms with Gasteiger partial charge in [0.2, 0.25) is 0 Å². The second-order valence-electron chi connectivity index (χ2n) is 4.14. The van der Waals surface area contributed by atoms with E-state index in [1.165, 1.54) is 0 Å². The average Bonchev–Trinajstić information content (AvgIpc) is 2.77. The van der Waals surface area contributed by atoms with E-state index in [4.69, 9.17) is 0 Å². The van der Waals surface area contributed by atoms with Crippen LogP contribution in [0, 0.1) is 0 Å². The number of hydrogen-bond donors (Lipinski definition) is 1. The molecule has 0 bridgehead atoms. The second kappa shape index (κ2) is 6.06. The van der Waals surface area contributed by atoms with Crippen molar-refractivity contribution in [1.82, 2.24) is 9.55 Å². The number of nitrogens with one attached hydrogen (secondary N) is 1. The van der Waals surface area contributed by atoms with Crippen molar-refractivity contribution in [2.24, 2.45) is 7.05 Å². The molecule has 0 saturated heterocycles. The van der Waals surface area contributed by atoms with Crippen LogP contribution in [-0.2, 0) is 7.05 Å². The topological polar surface area (TPSA) is 29.9 Å². The number of para-hydroxylation sites is 1. The van der Waals surface area contributed by atoms with Gasteiger partial charge in [-0.05, 0) is 19.1 Å². The molecule has 3 nitrogen and oxygen atoms in total. The van der Waals surface area contributed by atoms with Gasteiger partial charge in [-0.3, -0.25) is 0 Å². The molecule has 1 atom stereocenters. The molecule has 0 aliphatic heterocycles. The van der Waals surface area contributed by atoms with Crippen LogP contribution < -0.4 is 5.32 Å². The lowest BCUT2D eigenvalue weighted by Gasteiger charge is -2.17. The van der Waals surface area contributed by atoms with E-state index in [0.29, 0.717) is 22.3 Å². The van der Waals surface area contributed by atoms with Crippen molar-refractivity contribution >= 4 is 17.4 Å². The Kier molecular flexibility index (Phi) is 4.42. The van der Waals surface area contributed by atoms with Crippen LogP contribution in [0.3, 0.4) is 0 Å². The minimum absolute atomic E-state index is 0.0561. The SMILES string of the molecule is CC(Nc1ccccc1SC(F)F)c1nccn1C. The van der Waals surface area contributed by atoms with Gasteiger partial charge in [0.1, 0.15) is 5.82 Å². The van der Waals surface area contributed by atoms with Crippen LogP contribution in [0.2, 0.25) is 0 Å². The summed E-state index contributed by atoms with van der Waals surface area (Å²) in [5.41, 5.74) is 0.698. The molecule has 1 heterocycles. The zero-order chi connectivity index (χ0) is 13.8. The summed E-state index contributed by atoms with van der Waals surface area (Å²) in [4.78, 5) is 4.79. The van der Waals surface area contributed by atoms with Gasteiger partial charge in [-0.25, -0.2) is 4.98 Å². The number of rotatable bonds is 5. The van der Waals surface area contributed by atoms with Crippen LogP contribution in [0.25, 0.3) is 0 Å². The van der Waals surface area contributed by atoms with E-state index in [2.05, 4.69) is 10.3 Å². The minimum atomic E-state index is -2.42. The molecule has 1 aromatic heterocycles. The van der Waals surface area contributed by atoms with Gasteiger partial charge in [-0.2, -0.15) is 8.78 Å². The molecule has 0 fully saturated rings. The summed E-state index contributed by atoms with van der Waals surface area (Å²) in [7, 11) is 1.90. The maximum atomic E-state index is 12.5. The van der Waals surface area contributed by atoms with Crippen LogP contribution in [0.15, 0.2) is 41.6 Å². The Morgan fingerprint density at radius 1 is 1.32 bits per heavy atom. The van der Waals surface area contributed by atoms with Crippen molar-refractivity contribution in [3.63, 3.8) is 0 Å². The molecule has 0 amide bonds. The smallest absolute Gasteiger partial charge is 0.288 e.